The van der Waals surface area contributed by atoms with E-state index in [4.69, 9.17) is 5.73 Å². The maximum Gasteiger partial charge on any atom is 0.272 e. The largest absolute Gasteiger partial charge is 0.368 e. The summed E-state index contributed by atoms with van der Waals surface area (Å²) < 4.78 is 1.69. The second-order valence-corrected chi connectivity index (χ2v) is 5.24. The van der Waals surface area contributed by atoms with Crippen LogP contribution in [0.5, 0.6) is 0 Å². The highest BCUT2D eigenvalue weighted by Crippen LogP contribution is 2.15. The summed E-state index contributed by atoms with van der Waals surface area (Å²) in [4.78, 5) is 25.7. The van der Waals surface area contributed by atoms with Crippen LogP contribution in [0.25, 0.3) is 0 Å². The molecule has 1 atom stereocenters. The first kappa shape index (κ1) is 15.5. The molecule has 7 heteroatoms. The second kappa shape index (κ2) is 6.71. The van der Waals surface area contributed by atoms with Crippen molar-refractivity contribution in [3.8, 4) is 0 Å². The maximum absolute atomic E-state index is 12.8. The number of aromatic nitrogens is 2. The SMILES string of the molecule is CCc1cc(C(=O)N(CC(N)=O)C2CCNC2)n(CC)n1. The fourth-order valence-electron chi connectivity index (χ4n) is 2.64. The number of carbonyl (C=O) groups excluding carboxylic acids is 2. The van der Waals surface area contributed by atoms with Crippen LogP contribution >= 0.6 is 0 Å². The molecule has 1 aromatic rings. The van der Waals surface area contributed by atoms with Crippen LogP contribution in [0, 0.1) is 0 Å². The van der Waals surface area contributed by atoms with Crippen LogP contribution in [0.2, 0.25) is 0 Å². The number of hydrogen-bond acceptors (Lipinski definition) is 4. The standard InChI is InChI=1S/C14H23N5O2/c1-3-10-7-12(19(4-2)17-10)14(21)18(9-13(15)20)11-5-6-16-8-11/h7,11,16H,3-6,8-9H2,1-2H3,(H2,15,20). The smallest absolute Gasteiger partial charge is 0.272 e. The third kappa shape index (κ3) is 3.41. The minimum atomic E-state index is -0.492. The predicted molar refractivity (Wildman–Crippen MR) is 78.8 cm³/mol. The molecule has 0 spiro atoms. The lowest BCUT2D eigenvalue weighted by Crippen LogP contribution is -2.46. The molecule has 1 aliphatic heterocycles. The maximum atomic E-state index is 12.8. The van der Waals surface area contributed by atoms with Gasteiger partial charge in [0.1, 0.15) is 12.2 Å². The van der Waals surface area contributed by atoms with Gasteiger partial charge >= 0.3 is 0 Å². The van der Waals surface area contributed by atoms with E-state index in [2.05, 4.69) is 10.4 Å². The fraction of sp³-hybridized carbons (Fsp3) is 0.643. The molecule has 1 aliphatic rings. The second-order valence-electron chi connectivity index (χ2n) is 5.24. The van der Waals surface area contributed by atoms with Crippen molar-refractivity contribution in [2.45, 2.75) is 39.3 Å². The van der Waals surface area contributed by atoms with Crippen LogP contribution in [0.15, 0.2) is 6.07 Å². The van der Waals surface area contributed by atoms with Crippen molar-refractivity contribution in [3.63, 3.8) is 0 Å². The van der Waals surface area contributed by atoms with E-state index in [0.29, 0.717) is 18.8 Å². The van der Waals surface area contributed by atoms with Crippen LogP contribution in [0.3, 0.4) is 0 Å². The van der Waals surface area contributed by atoms with Crippen molar-refractivity contribution in [1.29, 1.82) is 0 Å². The highest BCUT2D eigenvalue weighted by atomic mass is 16.2. The summed E-state index contributed by atoms with van der Waals surface area (Å²) in [6.07, 6.45) is 1.61. The molecule has 2 heterocycles. The number of aryl methyl sites for hydroxylation is 2. The topological polar surface area (TPSA) is 93.2 Å². The van der Waals surface area contributed by atoms with E-state index in [9.17, 15) is 9.59 Å². The number of primary amides is 1. The Morgan fingerprint density at radius 2 is 2.29 bits per heavy atom. The number of carbonyl (C=O) groups is 2. The van der Waals surface area contributed by atoms with Gasteiger partial charge < -0.3 is 16.0 Å². The Morgan fingerprint density at radius 3 is 2.81 bits per heavy atom. The first-order valence-electron chi connectivity index (χ1n) is 7.43. The van der Waals surface area contributed by atoms with Crippen molar-refractivity contribution >= 4 is 11.8 Å². The molecule has 2 rings (SSSR count). The van der Waals surface area contributed by atoms with Gasteiger partial charge in [0.25, 0.3) is 5.91 Å². The summed E-state index contributed by atoms with van der Waals surface area (Å²) in [7, 11) is 0. The van der Waals surface area contributed by atoms with Gasteiger partial charge in [0.05, 0.1) is 5.69 Å². The summed E-state index contributed by atoms with van der Waals surface area (Å²) in [5.41, 5.74) is 6.71. The third-order valence-corrected chi connectivity index (χ3v) is 3.77. The van der Waals surface area contributed by atoms with Gasteiger partial charge in [0, 0.05) is 19.1 Å². The first-order chi connectivity index (χ1) is 10.1. The van der Waals surface area contributed by atoms with Crippen LogP contribution < -0.4 is 11.1 Å². The zero-order chi connectivity index (χ0) is 15.4. The molecular weight excluding hydrogens is 270 g/mol. The molecule has 116 valence electrons. The molecule has 1 unspecified atom stereocenters. The van der Waals surface area contributed by atoms with Crippen LogP contribution in [0.1, 0.15) is 36.5 Å². The Balaban J connectivity index is 2.28. The molecule has 1 saturated heterocycles. The van der Waals surface area contributed by atoms with E-state index in [-0.39, 0.29) is 18.5 Å². The van der Waals surface area contributed by atoms with Gasteiger partial charge in [-0.15, -0.1) is 0 Å². The number of nitrogens with zero attached hydrogens (tertiary/aromatic N) is 3. The molecule has 21 heavy (non-hydrogen) atoms. The molecule has 2 amide bonds. The highest BCUT2D eigenvalue weighted by Gasteiger charge is 2.30. The number of hydrogen-bond donors (Lipinski definition) is 2. The van der Waals surface area contributed by atoms with Crippen molar-refractivity contribution < 1.29 is 9.59 Å². The first-order valence-corrected chi connectivity index (χ1v) is 7.43. The van der Waals surface area contributed by atoms with Crippen molar-refractivity contribution in [2.75, 3.05) is 19.6 Å². The summed E-state index contributed by atoms with van der Waals surface area (Å²) >= 11 is 0. The van der Waals surface area contributed by atoms with Gasteiger partial charge in [-0.25, -0.2) is 0 Å². The van der Waals surface area contributed by atoms with E-state index in [1.165, 1.54) is 0 Å². The normalized spacial score (nSPS) is 17.9. The number of rotatable bonds is 6. The Morgan fingerprint density at radius 1 is 1.52 bits per heavy atom. The molecule has 0 aromatic carbocycles. The predicted octanol–water partition coefficient (Wildman–Crippen LogP) is -0.245. The van der Waals surface area contributed by atoms with Gasteiger partial charge in [-0.05, 0) is 32.4 Å². The van der Waals surface area contributed by atoms with Crippen LogP contribution in [-0.4, -0.2) is 52.2 Å². The Labute approximate surface area is 124 Å². The van der Waals surface area contributed by atoms with Crippen molar-refractivity contribution in [1.82, 2.24) is 20.0 Å². The summed E-state index contributed by atoms with van der Waals surface area (Å²) in [6, 6.07) is 1.82. The van der Waals surface area contributed by atoms with E-state index in [1.807, 2.05) is 19.9 Å². The van der Waals surface area contributed by atoms with Crippen molar-refractivity contribution in [3.05, 3.63) is 17.5 Å². The molecular formula is C14H23N5O2. The molecule has 1 fully saturated rings. The van der Waals surface area contributed by atoms with Gasteiger partial charge in [-0.3, -0.25) is 14.3 Å². The Bertz CT molecular complexity index is 519. The lowest BCUT2D eigenvalue weighted by atomic mass is 10.2. The van der Waals surface area contributed by atoms with Crippen molar-refractivity contribution in [2.24, 2.45) is 5.73 Å². The molecule has 0 bridgehead atoms. The number of nitrogens with one attached hydrogen (secondary N) is 1. The quantitative estimate of drug-likeness (QED) is 0.756. The molecule has 0 aliphatic carbocycles. The van der Waals surface area contributed by atoms with Crippen LogP contribution in [-0.2, 0) is 17.8 Å². The van der Waals surface area contributed by atoms with E-state index >= 15 is 0 Å². The zero-order valence-electron chi connectivity index (χ0n) is 12.6. The van der Waals surface area contributed by atoms with Gasteiger partial charge in [0.2, 0.25) is 5.91 Å². The molecule has 1 aromatic heterocycles. The Kier molecular flexibility index (Phi) is 4.95. The van der Waals surface area contributed by atoms with E-state index in [0.717, 1.165) is 25.1 Å². The zero-order valence-corrected chi connectivity index (χ0v) is 12.6. The summed E-state index contributed by atoms with van der Waals surface area (Å²) in [5, 5.41) is 7.60. The van der Waals surface area contributed by atoms with Crippen LogP contribution in [0.4, 0.5) is 0 Å². The Hall–Kier alpha value is -1.89. The van der Waals surface area contributed by atoms with Gasteiger partial charge in [-0.2, -0.15) is 5.10 Å². The molecule has 7 nitrogen and oxygen atoms in total. The third-order valence-electron chi connectivity index (χ3n) is 3.77. The van der Waals surface area contributed by atoms with Gasteiger partial charge in [0.15, 0.2) is 0 Å². The molecule has 3 N–H and O–H groups in total. The van der Waals surface area contributed by atoms with E-state index < -0.39 is 5.91 Å². The minimum Gasteiger partial charge on any atom is -0.368 e. The van der Waals surface area contributed by atoms with E-state index in [1.54, 1.807) is 9.58 Å². The summed E-state index contributed by atoms with van der Waals surface area (Å²) in [6.45, 7) is 6.05. The number of nitrogens with two attached hydrogens (primary N) is 1. The lowest BCUT2D eigenvalue weighted by Gasteiger charge is -2.27. The molecule has 0 radical (unpaired) electrons. The highest BCUT2D eigenvalue weighted by molar-refractivity contribution is 5.95. The molecule has 0 saturated carbocycles. The summed E-state index contributed by atoms with van der Waals surface area (Å²) in [5.74, 6) is -0.662. The monoisotopic (exact) mass is 293 g/mol. The number of amides is 2. The average Bonchev–Trinajstić information content (AvgIpc) is 3.12. The fourth-order valence-corrected chi connectivity index (χ4v) is 2.64. The minimum absolute atomic E-state index is 0.00952. The average molecular weight is 293 g/mol. The lowest BCUT2D eigenvalue weighted by molar-refractivity contribution is -0.119. The van der Waals surface area contributed by atoms with Gasteiger partial charge in [-0.1, -0.05) is 6.92 Å².